The van der Waals surface area contributed by atoms with Gasteiger partial charge >= 0.3 is 0 Å². The van der Waals surface area contributed by atoms with Crippen molar-refractivity contribution in [2.45, 2.75) is 45.9 Å². The van der Waals surface area contributed by atoms with E-state index in [0.717, 1.165) is 56.5 Å². The molecule has 1 saturated heterocycles. The highest BCUT2D eigenvalue weighted by atomic mass is 35.5. The van der Waals surface area contributed by atoms with Gasteiger partial charge in [0.05, 0.1) is 35.7 Å². The minimum Gasteiger partial charge on any atom is -0.374 e. The second-order valence-corrected chi connectivity index (χ2v) is 5.83. The summed E-state index contributed by atoms with van der Waals surface area (Å²) in [6.45, 7) is 12.0. The molecular weight excluding hydrogens is 288 g/mol. The van der Waals surface area contributed by atoms with Gasteiger partial charge in [0.25, 0.3) is 0 Å². The molecule has 1 N–H and O–H groups in total. The minimum atomic E-state index is 0.0919. The number of nitrogens with one attached hydrogen (secondary N) is 1. The first-order chi connectivity index (χ1) is 10.2. The van der Waals surface area contributed by atoms with Crippen molar-refractivity contribution in [1.29, 1.82) is 0 Å². The summed E-state index contributed by atoms with van der Waals surface area (Å²) in [7, 11) is 0. The second-order valence-electron chi connectivity index (χ2n) is 5.43. The fourth-order valence-corrected chi connectivity index (χ4v) is 3.12. The maximum atomic E-state index is 6.39. The Hall–Kier alpha value is -0.620. The van der Waals surface area contributed by atoms with Crippen LogP contribution in [0.5, 0.6) is 0 Å². The van der Waals surface area contributed by atoms with E-state index in [1.165, 1.54) is 0 Å². The molecule has 1 fully saturated rings. The molecule has 1 aromatic rings. The standard InChI is InChI=1S/C15H27ClN4O/c1-4-7-17-14(13-11-19(5-2)8-9-21-13)15-12(16)10-18-20(15)6-3/h10,13-14,17H,4-9,11H2,1-3H3. The zero-order chi connectivity index (χ0) is 15.2. The van der Waals surface area contributed by atoms with E-state index in [1.54, 1.807) is 6.20 Å². The number of likely N-dealkylation sites (N-methyl/N-ethyl adjacent to an activating group) is 1. The number of hydrogen-bond donors (Lipinski definition) is 1. The lowest BCUT2D eigenvalue weighted by Crippen LogP contribution is -2.48. The van der Waals surface area contributed by atoms with Crippen LogP contribution in [0.2, 0.25) is 5.02 Å². The number of hydrogen-bond acceptors (Lipinski definition) is 4. The van der Waals surface area contributed by atoms with Gasteiger partial charge in [-0.25, -0.2) is 0 Å². The summed E-state index contributed by atoms with van der Waals surface area (Å²) in [6.07, 6.45) is 2.93. The van der Waals surface area contributed by atoms with Gasteiger partial charge in [0.2, 0.25) is 0 Å². The maximum absolute atomic E-state index is 6.39. The molecule has 2 unspecified atom stereocenters. The molecule has 0 bridgehead atoms. The van der Waals surface area contributed by atoms with E-state index in [-0.39, 0.29) is 12.1 Å². The lowest BCUT2D eigenvalue weighted by Gasteiger charge is -2.37. The summed E-state index contributed by atoms with van der Waals surface area (Å²) in [5.74, 6) is 0. The summed E-state index contributed by atoms with van der Waals surface area (Å²) in [5.41, 5.74) is 1.05. The average molecular weight is 315 g/mol. The van der Waals surface area contributed by atoms with Gasteiger partial charge in [-0.1, -0.05) is 25.4 Å². The van der Waals surface area contributed by atoms with Gasteiger partial charge in [0.1, 0.15) is 0 Å². The number of halogens is 1. The third kappa shape index (κ3) is 3.97. The van der Waals surface area contributed by atoms with Crippen molar-refractivity contribution in [2.24, 2.45) is 0 Å². The van der Waals surface area contributed by atoms with E-state index in [1.807, 2.05) is 4.68 Å². The van der Waals surface area contributed by atoms with E-state index in [0.29, 0.717) is 0 Å². The van der Waals surface area contributed by atoms with Crippen molar-refractivity contribution in [3.63, 3.8) is 0 Å². The van der Waals surface area contributed by atoms with Crippen molar-refractivity contribution in [1.82, 2.24) is 20.0 Å². The topological polar surface area (TPSA) is 42.3 Å². The molecule has 6 heteroatoms. The molecule has 1 aromatic heterocycles. The Labute approximate surface area is 132 Å². The summed E-state index contributed by atoms with van der Waals surface area (Å²) < 4.78 is 8.02. The number of morpholine rings is 1. The van der Waals surface area contributed by atoms with Crippen LogP contribution in [0.4, 0.5) is 0 Å². The van der Waals surface area contributed by atoms with Gasteiger partial charge in [-0.05, 0) is 26.4 Å². The highest BCUT2D eigenvalue weighted by molar-refractivity contribution is 6.31. The molecule has 1 aliphatic rings. The Morgan fingerprint density at radius 1 is 1.43 bits per heavy atom. The zero-order valence-corrected chi connectivity index (χ0v) is 14.1. The maximum Gasteiger partial charge on any atom is 0.0912 e. The molecule has 0 aliphatic carbocycles. The van der Waals surface area contributed by atoms with Crippen LogP contribution in [0.1, 0.15) is 38.9 Å². The molecular formula is C15H27ClN4O. The fraction of sp³-hybridized carbons (Fsp3) is 0.800. The summed E-state index contributed by atoms with van der Waals surface area (Å²) in [4.78, 5) is 2.43. The molecule has 120 valence electrons. The van der Waals surface area contributed by atoms with Gasteiger partial charge in [-0.2, -0.15) is 5.10 Å². The lowest BCUT2D eigenvalue weighted by atomic mass is 10.0. The van der Waals surface area contributed by atoms with E-state index in [4.69, 9.17) is 16.3 Å². The Morgan fingerprint density at radius 2 is 2.24 bits per heavy atom. The largest absolute Gasteiger partial charge is 0.374 e. The monoisotopic (exact) mass is 314 g/mol. The van der Waals surface area contributed by atoms with Crippen molar-refractivity contribution in [3.05, 3.63) is 16.9 Å². The van der Waals surface area contributed by atoms with Crippen molar-refractivity contribution >= 4 is 11.6 Å². The number of rotatable bonds is 7. The first-order valence-corrected chi connectivity index (χ1v) is 8.37. The SMILES string of the molecule is CCCNC(c1c(Cl)cnn1CC)C1CN(CC)CCO1. The number of aryl methyl sites for hydroxylation is 1. The highest BCUT2D eigenvalue weighted by Gasteiger charge is 2.32. The van der Waals surface area contributed by atoms with Gasteiger partial charge in [-0.3, -0.25) is 9.58 Å². The molecule has 2 rings (SSSR count). The number of aromatic nitrogens is 2. The van der Waals surface area contributed by atoms with Gasteiger partial charge in [0, 0.05) is 19.6 Å². The molecule has 1 aliphatic heterocycles. The molecule has 0 amide bonds. The van der Waals surface area contributed by atoms with Crippen LogP contribution in [0.25, 0.3) is 0 Å². The summed E-state index contributed by atoms with van der Waals surface area (Å²) in [6, 6.07) is 0.0919. The molecule has 2 heterocycles. The van der Waals surface area contributed by atoms with Crippen molar-refractivity contribution in [3.8, 4) is 0 Å². The van der Waals surface area contributed by atoms with E-state index >= 15 is 0 Å². The molecule has 21 heavy (non-hydrogen) atoms. The first-order valence-electron chi connectivity index (χ1n) is 7.99. The minimum absolute atomic E-state index is 0.0919. The molecule has 0 aromatic carbocycles. The Morgan fingerprint density at radius 3 is 2.90 bits per heavy atom. The van der Waals surface area contributed by atoms with Gasteiger partial charge in [-0.15, -0.1) is 0 Å². The molecule has 0 spiro atoms. The van der Waals surface area contributed by atoms with Crippen LogP contribution >= 0.6 is 11.6 Å². The quantitative estimate of drug-likeness (QED) is 0.838. The molecule has 2 atom stereocenters. The van der Waals surface area contributed by atoms with Crippen LogP contribution in [0, 0.1) is 0 Å². The summed E-state index contributed by atoms with van der Waals surface area (Å²) >= 11 is 6.39. The predicted molar refractivity (Wildman–Crippen MR) is 85.8 cm³/mol. The van der Waals surface area contributed by atoms with Crippen molar-refractivity contribution in [2.75, 3.05) is 32.8 Å². The van der Waals surface area contributed by atoms with E-state index < -0.39 is 0 Å². The number of nitrogens with zero attached hydrogens (tertiary/aromatic N) is 3. The summed E-state index contributed by atoms with van der Waals surface area (Å²) in [5, 5.41) is 8.70. The van der Waals surface area contributed by atoms with Crippen LogP contribution < -0.4 is 5.32 Å². The normalized spacial score (nSPS) is 21.6. The average Bonchev–Trinajstić information content (AvgIpc) is 2.89. The Balaban J connectivity index is 2.22. The van der Waals surface area contributed by atoms with Crippen LogP contribution in [0.15, 0.2) is 6.20 Å². The third-order valence-corrected chi connectivity index (χ3v) is 4.33. The van der Waals surface area contributed by atoms with E-state index in [9.17, 15) is 0 Å². The van der Waals surface area contributed by atoms with E-state index in [2.05, 4.69) is 36.1 Å². The van der Waals surface area contributed by atoms with Gasteiger partial charge in [0.15, 0.2) is 0 Å². The van der Waals surface area contributed by atoms with Crippen LogP contribution in [-0.4, -0.2) is 53.6 Å². The fourth-order valence-electron chi connectivity index (χ4n) is 2.86. The molecule has 0 saturated carbocycles. The zero-order valence-electron chi connectivity index (χ0n) is 13.3. The van der Waals surface area contributed by atoms with Gasteiger partial charge < -0.3 is 10.1 Å². The molecule has 0 radical (unpaired) electrons. The Bertz CT molecular complexity index is 437. The first kappa shape index (κ1) is 16.7. The smallest absolute Gasteiger partial charge is 0.0912 e. The lowest BCUT2D eigenvalue weighted by molar-refractivity contribution is -0.0469. The predicted octanol–water partition coefficient (Wildman–Crippen LogP) is 2.32. The van der Waals surface area contributed by atoms with Crippen molar-refractivity contribution < 1.29 is 4.74 Å². The third-order valence-electron chi connectivity index (χ3n) is 4.04. The molecule has 5 nitrogen and oxygen atoms in total. The second kappa shape index (κ2) is 8.13. The van der Waals surface area contributed by atoms with Crippen LogP contribution in [-0.2, 0) is 11.3 Å². The number of ether oxygens (including phenoxy) is 1. The Kier molecular flexibility index (Phi) is 6.48. The van der Waals surface area contributed by atoms with Crippen LogP contribution in [0.3, 0.4) is 0 Å². The highest BCUT2D eigenvalue weighted by Crippen LogP contribution is 2.28.